The number of carbonyl (C=O) groups excluding carboxylic acids is 1. The lowest BCUT2D eigenvalue weighted by Crippen LogP contribution is -2.32. The molecule has 0 aromatic heterocycles. The summed E-state index contributed by atoms with van der Waals surface area (Å²) >= 11 is -0.342. The van der Waals surface area contributed by atoms with Crippen LogP contribution in [0.1, 0.15) is 23.7 Å². The van der Waals surface area contributed by atoms with Gasteiger partial charge in [-0.15, -0.1) is 0 Å². The van der Waals surface area contributed by atoms with Crippen molar-refractivity contribution in [2.45, 2.75) is 23.7 Å². The van der Waals surface area contributed by atoms with Gasteiger partial charge in [0.2, 0.25) is 10.0 Å². The molecule has 0 atom stereocenters. The molecule has 0 aliphatic carbocycles. The Labute approximate surface area is 143 Å². The number of alkyl halides is 3. The van der Waals surface area contributed by atoms with E-state index in [-0.39, 0.29) is 41.1 Å². The zero-order chi connectivity index (χ0) is 18.4. The second kappa shape index (κ2) is 8.72. The maximum Gasteiger partial charge on any atom is 0.446 e. The van der Waals surface area contributed by atoms with E-state index in [1.54, 1.807) is 0 Å². The number of hydrogen-bond donors (Lipinski definition) is 1. The van der Waals surface area contributed by atoms with Gasteiger partial charge in [0.05, 0.1) is 11.3 Å². The third-order valence-corrected chi connectivity index (χ3v) is 5.80. The van der Waals surface area contributed by atoms with Gasteiger partial charge in [-0.1, -0.05) is 12.1 Å². The van der Waals surface area contributed by atoms with Gasteiger partial charge >= 0.3 is 5.51 Å². The quantitative estimate of drug-likeness (QED) is 0.553. The summed E-state index contributed by atoms with van der Waals surface area (Å²) in [5.41, 5.74) is -4.54. The summed E-state index contributed by atoms with van der Waals surface area (Å²) in [4.78, 5) is 11.9. The van der Waals surface area contributed by atoms with Crippen molar-refractivity contribution in [3.63, 3.8) is 0 Å². The molecule has 10 heteroatoms. The van der Waals surface area contributed by atoms with Crippen molar-refractivity contribution in [2.24, 2.45) is 0 Å². The summed E-state index contributed by atoms with van der Waals surface area (Å²) in [6.45, 7) is 1.91. The highest BCUT2D eigenvalue weighted by atomic mass is 32.2. The SMILES string of the molecule is CCS(=O)(=O)N(C)CCCNC(=O)c1ccccc1SC(F)(F)F. The first kappa shape index (κ1) is 20.8. The fourth-order valence-corrected chi connectivity index (χ4v) is 3.34. The molecule has 0 aliphatic heterocycles. The molecule has 0 heterocycles. The van der Waals surface area contributed by atoms with Crippen molar-refractivity contribution in [2.75, 3.05) is 25.9 Å². The van der Waals surface area contributed by atoms with Crippen LogP contribution >= 0.6 is 11.8 Å². The second-order valence-corrected chi connectivity index (χ2v) is 8.35. The summed E-state index contributed by atoms with van der Waals surface area (Å²) in [5.74, 6) is -0.638. The van der Waals surface area contributed by atoms with Crippen LogP contribution in [0.25, 0.3) is 0 Å². The topological polar surface area (TPSA) is 66.5 Å². The highest BCUT2D eigenvalue weighted by Crippen LogP contribution is 2.38. The van der Waals surface area contributed by atoms with Crippen LogP contribution in [0.5, 0.6) is 0 Å². The van der Waals surface area contributed by atoms with Gasteiger partial charge < -0.3 is 5.32 Å². The molecular formula is C14H19F3N2O3S2. The minimum absolute atomic E-state index is 0.0160. The number of sulfonamides is 1. The number of nitrogens with zero attached hydrogens (tertiary/aromatic N) is 1. The molecule has 0 aliphatic rings. The Kier molecular flexibility index (Phi) is 7.56. The molecule has 5 nitrogen and oxygen atoms in total. The van der Waals surface area contributed by atoms with Gasteiger partial charge in [-0.3, -0.25) is 4.79 Å². The van der Waals surface area contributed by atoms with E-state index >= 15 is 0 Å². The van der Waals surface area contributed by atoms with E-state index in [1.807, 2.05) is 0 Å². The molecule has 1 aromatic rings. The largest absolute Gasteiger partial charge is 0.446 e. The molecule has 0 fully saturated rings. The minimum atomic E-state index is -4.48. The number of amides is 1. The summed E-state index contributed by atoms with van der Waals surface area (Å²) in [7, 11) is -1.85. The zero-order valence-electron chi connectivity index (χ0n) is 13.3. The van der Waals surface area contributed by atoms with Crippen molar-refractivity contribution < 1.29 is 26.4 Å². The molecule has 0 unspecified atom stereocenters. The molecule has 0 saturated heterocycles. The van der Waals surface area contributed by atoms with E-state index in [9.17, 15) is 26.4 Å². The summed E-state index contributed by atoms with van der Waals surface area (Å²) in [5, 5.41) is 2.51. The monoisotopic (exact) mass is 384 g/mol. The maximum absolute atomic E-state index is 12.5. The van der Waals surface area contributed by atoms with Crippen LogP contribution in [0.2, 0.25) is 0 Å². The molecular weight excluding hydrogens is 365 g/mol. The molecule has 1 N–H and O–H groups in total. The lowest BCUT2D eigenvalue weighted by atomic mass is 10.2. The fraction of sp³-hybridized carbons (Fsp3) is 0.500. The van der Waals surface area contributed by atoms with Gasteiger partial charge in [-0.2, -0.15) is 13.2 Å². The number of carbonyl (C=O) groups is 1. The summed E-state index contributed by atoms with van der Waals surface area (Å²) in [6.07, 6.45) is 0.357. The van der Waals surface area contributed by atoms with Crippen LogP contribution in [0.15, 0.2) is 29.2 Å². The molecule has 1 rings (SSSR count). The van der Waals surface area contributed by atoms with Crippen molar-refractivity contribution in [1.82, 2.24) is 9.62 Å². The maximum atomic E-state index is 12.5. The molecule has 1 amide bonds. The average molecular weight is 384 g/mol. The minimum Gasteiger partial charge on any atom is -0.352 e. The number of benzene rings is 1. The van der Waals surface area contributed by atoms with Crippen molar-refractivity contribution in [3.05, 3.63) is 29.8 Å². The number of halogens is 3. The summed E-state index contributed by atoms with van der Waals surface area (Å²) in [6, 6.07) is 5.46. The predicted molar refractivity (Wildman–Crippen MR) is 87.4 cm³/mol. The molecule has 0 radical (unpaired) electrons. The highest BCUT2D eigenvalue weighted by molar-refractivity contribution is 8.00. The number of hydrogen-bond acceptors (Lipinski definition) is 4. The number of thioether (sulfide) groups is 1. The molecule has 136 valence electrons. The first-order chi connectivity index (χ1) is 11.1. The van der Waals surface area contributed by atoms with Gasteiger partial charge in [0.15, 0.2) is 0 Å². The number of nitrogens with one attached hydrogen (secondary N) is 1. The van der Waals surface area contributed by atoms with Gasteiger partial charge in [-0.05, 0) is 37.2 Å². The van der Waals surface area contributed by atoms with Crippen LogP contribution in [-0.4, -0.2) is 50.0 Å². The number of rotatable bonds is 8. The Morgan fingerprint density at radius 1 is 1.29 bits per heavy atom. The lowest BCUT2D eigenvalue weighted by Gasteiger charge is -2.16. The van der Waals surface area contributed by atoms with Gasteiger partial charge in [-0.25, -0.2) is 12.7 Å². The second-order valence-electron chi connectivity index (χ2n) is 4.88. The third kappa shape index (κ3) is 6.70. The standard InChI is InChI=1S/C14H19F3N2O3S2/c1-3-24(21,22)19(2)10-6-9-18-13(20)11-7-4-5-8-12(11)23-14(15,16)17/h4-5,7-8H,3,6,9-10H2,1-2H3,(H,18,20). The van der Waals surface area contributed by atoms with Crippen LogP contribution in [0.4, 0.5) is 13.2 Å². The van der Waals surface area contributed by atoms with Crippen LogP contribution in [-0.2, 0) is 10.0 Å². The first-order valence-electron chi connectivity index (χ1n) is 7.14. The van der Waals surface area contributed by atoms with E-state index < -0.39 is 21.4 Å². The Morgan fingerprint density at radius 2 is 1.92 bits per heavy atom. The van der Waals surface area contributed by atoms with E-state index in [0.29, 0.717) is 6.42 Å². The highest BCUT2D eigenvalue weighted by Gasteiger charge is 2.31. The van der Waals surface area contributed by atoms with E-state index in [2.05, 4.69) is 5.32 Å². The molecule has 1 aromatic carbocycles. The Hall–Kier alpha value is -1.26. The molecule has 0 spiro atoms. The molecule has 0 saturated carbocycles. The Bertz CT molecular complexity index is 663. The third-order valence-electron chi connectivity index (χ3n) is 3.13. The molecule has 0 bridgehead atoms. The normalized spacial score (nSPS) is 12.4. The predicted octanol–water partition coefficient (Wildman–Crippen LogP) is 2.70. The smallest absolute Gasteiger partial charge is 0.352 e. The van der Waals surface area contributed by atoms with Crippen LogP contribution in [0.3, 0.4) is 0 Å². The Balaban J connectivity index is 2.58. The fourth-order valence-electron chi connectivity index (χ4n) is 1.83. The van der Waals surface area contributed by atoms with Gasteiger partial charge in [0.25, 0.3) is 5.91 Å². The van der Waals surface area contributed by atoms with Crippen molar-refractivity contribution >= 4 is 27.7 Å². The van der Waals surface area contributed by atoms with Gasteiger partial charge in [0.1, 0.15) is 0 Å². The van der Waals surface area contributed by atoms with Crippen LogP contribution < -0.4 is 5.32 Å². The first-order valence-corrected chi connectivity index (χ1v) is 9.56. The van der Waals surface area contributed by atoms with Crippen molar-refractivity contribution in [3.8, 4) is 0 Å². The zero-order valence-corrected chi connectivity index (χ0v) is 14.9. The van der Waals surface area contributed by atoms with E-state index in [4.69, 9.17) is 0 Å². The van der Waals surface area contributed by atoms with E-state index in [0.717, 1.165) is 0 Å². The Morgan fingerprint density at radius 3 is 2.50 bits per heavy atom. The summed E-state index contributed by atoms with van der Waals surface area (Å²) < 4.78 is 61.8. The lowest BCUT2D eigenvalue weighted by molar-refractivity contribution is -0.0328. The van der Waals surface area contributed by atoms with Gasteiger partial charge in [0, 0.05) is 25.0 Å². The average Bonchev–Trinajstić information content (AvgIpc) is 2.50. The molecule has 24 heavy (non-hydrogen) atoms. The van der Waals surface area contributed by atoms with E-state index in [1.165, 1.54) is 42.5 Å². The van der Waals surface area contributed by atoms with Crippen molar-refractivity contribution in [1.29, 1.82) is 0 Å². The van der Waals surface area contributed by atoms with Crippen LogP contribution in [0, 0.1) is 0 Å².